The number of carbonyl (C=O) groups is 3. The zero-order valence-electron chi connectivity index (χ0n) is 20.2. The molecule has 4 rings (SSSR count). The summed E-state index contributed by atoms with van der Waals surface area (Å²) < 4.78 is 5.63. The minimum Gasteiger partial charge on any atom is -0.481 e. The van der Waals surface area contributed by atoms with E-state index in [0.29, 0.717) is 31.7 Å². The fourth-order valence-electron chi connectivity index (χ4n) is 4.78. The number of ether oxygens (including phenoxy) is 1. The van der Waals surface area contributed by atoms with Crippen molar-refractivity contribution in [2.75, 3.05) is 13.2 Å². The van der Waals surface area contributed by atoms with Crippen LogP contribution in [-0.4, -0.2) is 42.3 Å². The van der Waals surface area contributed by atoms with Crippen molar-refractivity contribution in [2.24, 2.45) is 11.8 Å². The van der Waals surface area contributed by atoms with Gasteiger partial charge in [-0.3, -0.25) is 9.59 Å². The third-order valence-corrected chi connectivity index (χ3v) is 7.01. The van der Waals surface area contributed by atoms with E-state index < -0.39 is 18.1 Å². The molecule has 7 heteroatoms. The van der Waals surface area contributed by atoms with Crippen molar-refractivity contribution >= 4 is 18.0 Å². The molecular weight excluding hydrogens is 444 g/mol. The summed E-state index contributed by atoms with van der Waals surface area (Å²) in [6.07, 6.45) is 3.56. The molecule has 7 nitrogen and oxygen atoms in total. The molecule has 2 aromatic rings. The van der Waals surface area contributed by atoms with Crippen LogP contribution in [0, 0.1) is 11.8 Å². The zero-order valence-corrected chi connectivity index (χ0v) is 20.2. The predicted octanol–water partition coefficient (Wildman–Crippen LogP) is 4.70. The van der Waals surface area contributed by atoms with Crippen LogP contribution in [0.4, 0.5) is 4.79 Å². The number of aliphatic carboxylic acids is 1. The van der Waals surface area contributed by atoms with Crippen molar-refractivity contribution in [3.63, 3.8) is 0 Å². The van der Waals surface area contributed by atoms with Crippen LogP contribution in [0.15, 0.2) is 48.5 Å². The highest BCUT2D eigenvalue weighted by Crippen LogP contribution is 2.44. The van der Waals surface area contributed by atoms with Gasteiger partial charge in [0.25, 0.3) is 0 Å². The molecule has 2 amide bonds. The number of carboxylic acid groups (broad SMARTS) is 1. The van der Waals surface area contributed by atoms with E-state index in [4.69, 9.17) is 9.84 Å². The van der Waals surface area contributed by atoms with E-state index in [-0.39, 0.29) is 30.8 Å². The SMILES string of the molecule is CC(CCNC(=O)[C@H](CC1CC1)NC(=O)OCC1c2ccccc2-c2ccccc21)CCC(=O)O. The molecule has 1 saturated carbocycles. The van der Waals surface area contributed by atoms with Crippen LogP contribution >= 0.6 is 0 Å². The molecule has 35 heavy (non-hydrogen) atoms. The van der Waals surface area contributed by atoms with Gasteiger partial charge in [-0.2, -0.15) is 0 Å². The number of benzene rings is 2. The van der Waals surface area contributed by atoms with E-state index in [1.54, 1.807) is 0 Å². The Bertz CT molecular complexity index is 1020. The second-order valence-corrected chi connectivity index (χ2v) is 9.82. The first kappa shape index (κ1) is 24.8. The van der Waals surface area contributed by atoms with Gasteiger partial charge in [0, 0.05) is 18.9 Å². The molecule has 0 saturated heterocycles. The van der Waals surface area contributed by atoms with Gasteiger partial charge in [-0.25, -0.2) is 4.79 Å². The molecule has 1 fully saturated rings. The standard InChI is InChI=1S/C28H34N2O5/c1-18(10-13-26(31)32)14-15-29-27(33)25(16-19-11-12-19)30-28(34)35-17-24-22-8-4-2-6-20(22)21-7-3-5-9-23(21)24/h2-9,18-19,24-25H,10-17H2,1H3,(H,29,33)(H,30,34)(H,31,32)/t18?,25-/m0/s1. The fraction of sp³-hybridized carbons (Fsp3) is 0.464. The van der Waals surface area contributed by atoms with Crippen LogP contribution in [0.2, 0.25) is 0 Å². The molecule has 0 heterocycles. The highest BCUT2D eigenvalue weighted by Gasteiger charge is 2.32. The van der Waals surface area contributed by atoms with E-state index in [2.05, 4.69) is 34.9 Å². The number of carboxylic acids is 1. The molecular formula is C28H34N2O5. The minimum absolute atomic E-state index is 0.0313. The van der Waals surface area contributed by atoms with Gasteiger partial charge in [0.1, 0.15) is 12.6 Å². The molecule has 0 aliphatic heterocycles. The van der Waals surface area contributed by atoms with Crippen molar-refractivity contribution in [3.8, 4) is 11.1 Å². The van der Waals surface area contributed by atoms with E-state index in [9.17, 15) is 14.4 Å². The summed E-state index contributed by atoms with van der Waals surface area (Å²) >= 11 is 0. The van der Waals surface area contributed by atoms with Gasteiger partial charge >= 0.3 is 12.1 Å². The second kappa shape index (κ2) is 11.4. The summed E-state index contributed by atoms with van der Waals surface area (Å²) in [5, 5.41) is 14.5. The lowest BCUT2D eigenvalue weighted by Crippen LogP contribution is -2.47. The second-order valence-electron chi connectivity index (χ2n) is 9.82. The molecule has 2 aliphatic rings. The maximum Gasteiger partial charge on any atom is 0.407 e. The molecule has 0 aromatic heterocycles. The zero-order chi connectivity index (χ0) is 24.8. The van der Waals surface area contributed by atoms with Gasteiger partial charge in [-0.15, -0.1) is 0 Å². The van der Waals surface area contributed by atoms with Crippen LogP contribution in [0.3, 0.4) is 0 Å². The highest BCUT2D eigenvalue weighted by molar-refractivity contribution is 5.85. The van der Waals surface area contributed by atoms with Crippen molar-refractivity contribution < 1.29 is 24.2 Å². The average Bonchev–Trinajstić information content (AvgIpc) is 3.61. The first-order valence-corrected chi connectivity index (χ1v) is 12.5. The third-order valence-electron chi connectivity index (χ3n) is 7.01. The molecule has 2 atom stereocenters. The quantitative estimate of drug-likeness (QED) is 0.410. The van der Waals surface area contributed by atoms with Crippen LogP contribution in [0.5, 0.6) is 0 Å². The van der Waals surface area contributed by atoms with Gasteiger partial charge in [0.2, 0.25) is 5.91 Å². The molecule has 0 spiro atoms. The number of alkyl carbamates (subject to hydrolysis) is 1. The number of rotatable bonds is 12. The smallest absolute Gasteiger partial charge is 0.407 e. The maximum absolute atomic E-state index is 12.8. The number of amides is 2. The number of carbonyl (C=O) groups excluding carboxylic acids is 2. The average molecular weight is 479 g/mol. The van der Waals surface area contributed by atoms with Crippen molar-refractivity contribution in [1.29, 1.82) is 0 Å². The lowest BCUT2D eigenvalue weighted by molar-refractivity contribution is -0.137. The van der Waals surface area contributed by atoms with Crippen molar-refractivity contribution in [1.82, 2.24) is 10.6 Å². The first-order chi connectivity index (χ1) is 16.9. The Morgan fingerprint density at radius 1 is 1.00 bits per heavy atom. The van der Waals surface area contributed by atoms with Crippen LogP contribution < -0.4 is 10.6 Å². The lowest BCUT2D eigenvalue weighted by atomic mass is 9.98. The molecule has 0 bridgehead atoms. The Balaban J connectivity index is 1.30. The predicted molar refractivity (Wildman–Crippen MR) is 133 cm³/mol. The summed E-state index contributed by atoms with van der Waals surface area (Å²) in [5.41, 5.74) is 4.62. The molecule has 2 aliphatic carbocycles. The molecule has 2 aromatic carbocycles. The van der Waals surface area contributed by atoms with E-state index >= 15 is 0 Å². The number of fused-ring (bicyclic) bond motifs is 3. The van der Waals surface area contributed by atoms with Crippen LogP contribution in [0.25, 0.3) is 11.1 Å². The number of hydrogen-bond acceptors (Lipinski definition) is 4. The summed E-state index contributed by atoms with van der Waals surface area (Å²) in [5.74, 6) is -0.401. The largest absolute Gasteiger partial charge is 0.481 e. The minimum atomic E-state index is -0.808. The van der Waals surface area contributed by atoms with Crippen molar-refractivity contribution in [2.45, 2.75) is 57.4 Å². The molecule has 186 valence electrons. The first-order valence-electron chi connectivity index (χ1n) is 12.5. The van der Waals surface area contributed by atoms with E-state index in [1.807, 2.05) is 31.2 Å². The Kier molecular flexibility index (Phi) is 8.06. The topological polar surface area (TPSA) is 105 Å². The van der Waals surface area contributed by atoms with E-state index in [1.165, 1.54) is 11.1 Å². The van der Waals surface area contributed by atoms with Gasteiger partial charge < -0.3 is 20.5 Å². The lowest BCUT2D eigenvalue weighted by Gasteiger charge is -2.20. The molecule has 3 N–H and O–H groups in total. The van der Waals surface area contributed by atoms with Gasteiger partial charge in [0.05, 0.1) is 0 Å². The summed E-state index contributed by atoms with van der Waals surface area (Å²) in [7, 11) is 0. The molecule has 0 radical (unpaired) electrons. The summed E-state index contributed by atoms with van der Waals surface area (Å²) in [4.78, 5) is 36.2. The normalized spacial score (nSPS) is 16.0. The Labute approximate surface area is 206 Å². The van der Waals surface area contributed by atoms with Gasteiger partial charge in [0.15, 0.2) is 0 Å². The summed E-state index contributed by atoms with van der Waals surface area (Å²) in [6.45, 7) is 2.64. The number of nitrogens with one attached hydrogen (secondary N) is 2. The Morgan fingerprint density at radius 3 is 2.23 bits per heavy atom. The highest BCUT2D eigenvalue weighted by atomic mass is 16.5. The van der Waals surface area contributed by atoms with Crippen LogP contribution in [-0.2, 0) is 14.3 Å². The van der Waals surface area contributed by atoms with Crippen molar-refractivity contribution in [3.05, 3.63) is 59.7 Å². The third kappa shape index (κ3) is 6.62. The monoisotopic (exact) mass is 478 g/mol. The summed E-state index contributed by atoms with van der Waals surface area (Å²) in [6, 6.07) is 15.7. The molecule has 1 unspecified atom stereocenters. The maximum atomic E-state index is 12.8. The fourth-order valence-corrected chi connectivity index (χ4v) is 4.78. The van der Waals surface area contributed by atoms with E-state index in [0.717, 1.165) is 24.0 Å². The van der Waals surface area contributed by atoms with Gasteiger partial charge in [-0.05, 0) is 53.4 Å². The van der Waals surface area contributed by atoms with Crippen LogP contribution in [0.1, 0.15) is 62.5 Å². The Morgan fingerprint density at radius 2 is 1.63 bits per heavy atom. The van der Waals surface area contributed by atoms with Gasteiger partial charge in [-0.1, -0.05) is 68.3 Å². The number of hydrogen-bond donors (Lipinski definition) is 3. The Hall–Kier alpha value is -3.35.